The van der Waals surface area contributed by atoms with Crippen LogP contribution in [-0.2, 0) is 19.7 Å². The number of nitrogens with one attached hydrogen (secondary N) is 1. The molecule has 0 fully saturated rings. The average molecular weight is 466 g/mol. The molecule has 2 amide bonds. The molecular formula is C14H16BrN3O6S2. The second-order valence-corrected chi connectivity index (χ2v) is 8.74. The Bertz CT molecular complexity index is 887. The molecule has 2 rings (SSSR count). The Kier molecular flexibility index (Phi) is 6.19. The van der Waals surface area contributed by atoms with Gasteiger partial charge in [0.15, 0.2) is 16.7 Å². The number of carbonyl (C=O) groups excluding carboxylic acids is 2. The van der Waals surface area contributed by atoms with Gasteiger partial charge in [-0.2, -0.15) is 8.42 Å². The molecule has 0 aliphatic carbocycles. The molecule has 0 spiro atoms. The Morgan fingerprint density at radius 2 is 2.00 bits per heavy atom. The van der Waals surface area contributed by atoms with Gasteiger partial charge in [-0.05, 0) is 33.6 Å². The normalized spacial score (nSPS) is 16.9. The molecular weight excluding hydrogens is 450 g/mol. The minimum Gasteiger partial charge on any atom is -0.493 e. The number of carbonyl (C=O) groups is 2. The summed E-state index contributed by atoms with van der Waals surface area (Å²) in [5.74, 6) is -0.471. The molecule has 0 unspecified atom stereocenters. The van der Waals surface area contributed by atoms with Gasteiger partial charge >= 0.3 is 10.1 Å². The third-order valence-corrected chi connectivity index (χ3v) is 5.18. The lowest BCUT2D eigenvalue weighted by molar-refractivity contribution is -0.129. The first-order chi connectivity index (χ1) is 12.0. The lowest BCUT2D eigenvalue weighted by Crippen LogP contribution is -2.25. The van der Waals surface area contributed by atoms with Gasteiger partial charge in [-0.15, -0.1) is 5.10 Å². The predicted octanol–water partition coefficient (Wildman–Crippen LogP) is 1.80. The maximum absolute atomic E-state index is 11.9. The van der Waals surface area contributed by atoms with Gasteiger partial charge in [0.25, 0.3) is 0 Å². The summed E-state index contributed by atoms with van der Waals surface area (Å²) in [6, 6.07) is 3.15. The Morgan fingerprint density at radius 1 is 1.35 bits per heavy atom. The number of amidine groups is 1. The first kappa shape index (κ1) is 20.5. The highest BCUT2D eigenvalue weighted by atomic mass is 79.9. The topological polar surface area (TPSA) is 114 Å². The smallest absolute Gasteiger partial charge is 0.306 e. The molecule has 1 N–H and O–H groups in total. The standard InChI is InChI=1S/C14H16BrN3O6S2/c1-7(19)16-14-17-18(8(2)20)13(25-14)9-5-10(15)12(11(6-9)23-3)24-26(4,21)22/h5-6,13H,1-4H3,(H,16,17,19)/t13-/m1/s1. The molecule has 0 saturated heterocycles. The Morgan fingerprint density at radius 3 is 2.50 bits per heavy atom. The molecule has 26 heavy (non-hydrogen) atoms. The van der Waals surface area contributed by atoms with Crippen LogP contribution in [0.25, 0.3) is 0 Å². The SMILES string of the molecule is COc1cc([C@H]2SC(NC(C)=O)=NN2C(C)=O)cc(Br)c1OS(C)(=O)=O. The fourth-order valence-electron chi connectivity index (χ4n) is 2.09. The Hall–Kier alpha value is -1.79. The first-order valence-corrected chi connectivity index (χ1v) is 10.6. The van der Waals surface area contributed by atoms with Crippen molar-refractivity contribution in [1.82, 2.24) is 10.3 Å². The van der Waals surface area contributed by atoms with Gasteiger partial charge in [-0.25, -0.2) is 5.01 Å². The van der Waals surface area contributed by atoms with Crippen molar-refractivity contribution in [3.63, 3.8) is 0 Å². The van der Waals surface area contributed by atoms with Crippen molar-refractivity contribution in [3.05, 3.63) is 22.2 Å². The zero-order valence-electron chi connectivity index (χ0n) is 14.3. The third-order valence-electron chi connectivity index (χ3n) is 3.02. The van der Waals surface area contributed by atoms with Crippen LogP contribution in [-0.4, -0.2) is 43.8 Å². The molecule has 0 aromatic heterocycles. The number of benzene rings is 1. The summed E-state index contributed by atoms with van der Waals surface area (Å²) in [5.41, 5.74) is 0.596. The van der Waals surface area contributed by atoms with Gasteiger partial charge in [0.1, 0.15) is 5.37 Å². The van der Waals surface area contributed by atoms with Crippen molar-refractivity contribution in [2.45, 2.75) is 19.2 Å². The van der Waals surface area contributed by atoms with E-state index in [1.54, 1.807) is 12.1 Å². The third kappa shape index (κ3) is 4.89. The van der Waals surface area contributed by atoms with Crippen LogP contribution in [0.1, 0.15) is 24.8 Å². The van der Waals surface area contributed by atoms with Gasteiger partial charge in [0.05, 0.1) is 17.8 Å². The number of halogens is 1. The summed E-state index contributed by atoms with van der Waals surface area (Å²) in [6.07, 6.45) is 0.921. The first-order valence-electron chi connectivity index (χ1n) is 7.11. The quantitative estimate of drug-likeness (QED) is 0.673. The number of amides is 2. The highest BCUT2D eigenvalue weighted by Crippen LogP contribution is 2.45. The Labute approximate surface area is 163 Å². The number of nitrogens with zero attached hydrogens (tertiary/aromatic N) is 2. The molecule has 1 atom stereocenters. The van der Waals surface area contributed by atoms with Crippen molar-refractivity contribution >= 4 is 54.8 Å². The van der Waals surface area contributed by atoms with Crippen molar-refractivity contribution in [3.8, 4) is 11.5 Å². The summed E-state index contributed by atoms with van der Waals surface area (Å²) in [4.78, 5) is 23.1. The van der Waals surface area contributed by atoms with Crippen LogP contribution in [0.4, 0.5) is 0 Å². The largest absolute Gasteiger partial charge is 0.493 e. The molecule has 1 aromatic carbocycles. The molecule has 9 nitrogen and oxygen atoms in total. The number of rotatable bonds is 4. The van der Waals surface area contributed by atoms with E-state index >= 15 is 0 Å². The van der Waals surface area contributed by atoms with Crippen LogP contribution >= 0.6 is 27.7 Å². The summed E-state index contributed by atoms with van der Waals surface area (Å²) in [6.45, 7) is 2.69. The number of hydrogen-bond donors (Lipinski definition) is 1. The molecule has 1 aliphatic heterocycles. The lowest BCUT2D eigenvalue weighted by atomic mass is 10.2. The number of methoxy groups -OCH3 is 1. The van der Waals surface area contributed by atoms with E-state index in [2.05, 4.69) is 26.3 Å². The van der Waals surface area contributed by atoms with Crippen LogP contribution in [0.15, 0.2) is 21.7 Å². The van der Waals surface area contributed by atoms with E-state index in [9.17, 15) is 18.0 Å². The van der Waals surface area contributed by atoms with Gasteiger partial charge in [0, 0.05) is 13.8 Å². The minimum atomic E-state index is -3.76. The van der Waals surface area contributed by atoms with Crippen LogP contribution in [0.2, 0.25) is 0 Å². The highest BCUT2D eigenvalue weighted by Gasteiger charge is 2.33. The predicted molar refractivity (Wildman–Crippen MR) is 100 cm³/mol. The monoisotopic (exact) mass is 465 g/mol. The fraction of sp³-hybridized carbons (Fsp3) is 0.357. The average Bonchev–Trinajstić information content (AvgIpc) is 2.91. The molecule has 0 bridgehead atoms. The summed E-state index contributed by atoms with van der Waals surface area (Å²) >= 11 is 4.42. The van der Waals surface area contributed by atoms with Crippen LogP contribution in [0.5, 0.6) is 11.5 Å². The zero-order valence-corrected chi connectivity index (χ0v) is 17.5. The van der Waals surface area contributed by atoms with E-state index < -0.39 is 15.5 Å². The van der Waals surface area contributed by atoms with Crippen molar-refractivity contribution in [2.75, 3.05) is 13.4 Å². The van der Waals surface area contributed by atoms with E-state index in [0.29, 0.717) is 10.0 Å². The van der Waals surface area contributed by atoms with Gasteiger partial charge in [-0.1, -0.05) is 11.8 Å². The van der Waals surface area contributed by atoms with E-state index in [4.69, 9.17) is 8.92 Å². The molecule has 142 valence electrons. The van der Waals surface area contributed by atoms with Crippen molar-refractivity contribution in [2.24, 2.45) is 5.10 Å². The second-order valence-electron chi connectivity index (χ2n) is 5.24. The maximum atomic E-state index is 11.9. The number of thioether (sulfide) groups is 1. The van der Waals surface area contributed by atoms with Gasteiger partial charge in [0.2, 0.25) is 11.8 Å². The molecule has 1 aromatic rings. The molecule has 1 heterocycles. The van der Waals surface area contributed by atoms with E-state index in [-0.39, 0.29) is 28.5 Å². The van der Waals surface area contributed by atoms with E-state index in [1.165, 1.54) is 26.0 Å². The van der Waals surface area contributed by atoms with Crippen molar-refractivity contribution in [1.29, 1.82) is 0 Å². The second kappa shape index (κ2) is 7.84. The molecule has 1 aliphatic rings. The maximum Gasteiger partial charge on any atom is 0.306 e. The number of hydrogen-bond acceptors (Lipinski definition) is 8. The zero-order chi connectivity index (χ0) is 19.6. The number of ether oxygens (including phenoxy) is 1. The summed E-state index contributed by atoms with van der Waals surface area (Å²) in [5, 5.41) is 7.58. The lowest BCUT2D eigenvalue weighted by Gasteiger charge is -2.21. The summed E-state index contributed by atoms with van der Waals surface area (Å²) < 4.78 is 33.4. The van der Waals surface area contributed by atoms with Crippen LogP contribution in [0.3, 0.4) is 0 Å². The van der Waals surface area contributed by atoms with Gasteiger partial charge in [-0.3, -0.25) is 9.59 Å². The van der Waals surface area contributed by atoms with Crippen LogP contribution in [0, 0.1) is 0 Å². The van der Waals surface area contributed by atoms with E-state index in [1.807, 2.05) is 0 Å². The molecule has 0 radical (unpaired) electrons. The molecule has 0 saturated carbocycles. The highest BCUT2D eigenvalue weighted by molar-refractivity contribution is 9.10. The molecule has 12 heteroatoms. The Balaban J connectivity index is 2.43. The fourth-order valence-corrected chi connectivity index (χ4v) is 4.33. The van der Waals surface area contributed by atoms with Crippen LogP contribution < -0.4 is 14.2 Å². The number of hydrazone groups is 1. The minimum absolute atomic E-state index is 0.000810. The van der Waals surface area contributed by atoms with E-state index in [0.717, 1.165) is 18.0 Å². The summed E-state index contributed by atoms with van der Waals surface area (Å²) in [7, 11) is -2.39. The van der Waals surface area contributed by atoms with Gasteiger partial charge < -0.3 is 14.2 Å². The van der Waals surface area contributed by atoms with Crippen molar-refractivity contribution < 1.29 is 26.9 Å².